The molecule has 3 rings (SSSR count). The molecule has 29 heavy (non-hydrogen) atoms. The van der Waals surface area contributed by atoms with Gasteiger partial charge in [-0.15, -0.1) is 0 Å². The average Bonchev–Trinajstić information content (AvgIpc) is 2.72. The molecule has 0 saturated carbocycles. The summed E-state index contributed by atoms with van der Waals surface area (Å²) in [5, 5.41) is 0. The molecule has 1 fully saturated rings. The molecule has 7 nitrogen and oxygen atoms in total. The molecule has 1 unspecified atom stereocenters. The summed E-state index contributed by atoms with van der Waals surface area (Å²) in [6.45, 7) is 2.33. The predicted molar refractivity (Wildman–Crippen MR) is 112 cm³/mol. The molecule has 1 aliphatic rings. The first-order valence-electron chi connectivity index (χ1n) is 9.20. The van der Waals surface area contributed by atoms with Crippen LogP contribution in [-0.2, 0) is 14.8 Å². The molecule has 9 heteroatoms. The first kappa shape index (κ1) is 21.5. The van der Waals surface area contributed by atoms with Crippen molar-refractivity contribution in [1.82, 2.24) is 15.2 Å². The van der Waals surface area contributed by atoms with Crippen LogP contribution < -0.4 is 10.9 Å². The normalized spacial score (nSPS) is 17.5. The fourth-order valence-corrected chi connectivity index (χ4v) is 5.16. The topological polar surface area (TPSA) is 95.6 Å². The largest absolute Gasteiger partial charge is 0.273 e. The van der Waals surface area contributed by atoms with Crippen LogP contribution in [0.15, 0.2) is 57.9 Å². The third-order valence-corrected chi connectivity index (χ3v) is 7.40. The summed E-state index contributed by atoms with van der Waals surface area (Å²) >= 11 is 3.29. The molecule has 1 aliphatic heterocycles. The van der Waals surface area contributed by atoms with Gasteiger partial charge in [-0.1, -0.05) is 29.8 Å². The van der Waals surface area contributed by atoms with Crippen molar-refractivity contribution in [3.63, 3.8) is 0 Å². The number of piperidine rings is 1. The number of hydrogen-bond donors (Lipinski definition) is 2. The van der Waals surface area contributed by atoms with Crippen LogP contribution in [0.4, 0.5) is 0 Å². The molecule has 154 valence electrons. The lowest BCUT2D eigenvalue weighted by Gasteiger charge is -2.31. The lowest BCUT2D eigenvalue weighted by atomic mass is 9.99. The van der Waals surface area contributed by atoms with E-state index in [1.807, 2.05) is 6.92 Å². The second kappa shape index (κ2) is 9.06. The van der Waals surface area contributed by atoms with Crippen molar-refractivity contribution >= 4 is 37.8 Å². The van der Waals surface area contributed by atoms with E-state index in [1.165, 1.54) is 4.31 Å². The Labute approximate surface area is 178 Å². The number of hydrazine groups is 1. The van der Waals surface area contributed by atoms with Gasteiger partial charge in [0.05, 0.1) is 16.4 Å². The van der Waals surface area contributed by atoms with E-state index in [0.29, 0.717) is 29.4 Å². The standard InChI is InChI=1S/C20H22BrN3O4S/c1-14-8-10-16(11-9-14)29(27,28)24-12-4-5-15(13-24)19(25)22-23-20(26)17-6-2-3-7-18(17)21/h2-3,6-11,15H,4-5,12-13H2,1H3,(H,22,25)(H,23,26). The highest BCUT2D eigenvalue weighted by Gasteiger charge is 2.33. The van der Waals surface area contributed by atoms with E-state index < -0.39 is 27.8 Å². The highest BCUT2D eigenvalue weighted by Crippen LogP contribution is 2.24. The van der Waals surface area contributed by atoms with Gasteiger partial charge in [0.2, 0.25) is 15.9 Å². The Morgan fingerprint density at radius 2 is 1.76 bits per heavy atom. The number of rotatable bonds is 4. The maximum Gasteiger partial charge on any atom is 0.270 e. The van der Waals surface area contributed by atoms with Crippen molar-refractivity contribution < 1.29 is 18.0 Å². The van der Waals surface area contributed by atoms with Crippen LogP contribution in [0.3, 0.4) is 0 Å². The zero-order valence-corrected chi connectivity index (χ0v) is 18.3. The molecule has 0 aromatic heterocycles. The number of sulfonamides is 1. The Morgan fingerprint density at radius 1 is 1.07 bits per heavy atom. The number of carbonyl (C=O) groups excluding carboxylic acids is 2. The molecule has 2 N–H and O–H groups in total. The zero-order valence-electron chi connectivity index (χ0n) is 15.9. The second-order valence-electron chi connectivity index (χ2n) is 6.94. The second-order valence-corrected chi connectivity index (χ2v) is 9.73. The third-order valence-electron chi connectivity index (χ3n) is 4.83. The number of hydrogen-bond acceptors (Lipinski definition) is 4. The van der Waals surface area contributed by atoms with Crippen LogP contribution in [0.5, 0.6) is 0 Å². The molecule has 2 aromatic rings. The van der Waals surface area contributed by atoms with Gasteiger partial charge in [-0.2, -0.15) is 4.31 Å². The molecule has 0 radical (unpaired) electrons. The predicted octanol–water partition coefficient (Wildman–Crippen LogP) is 2.62. The quantitative estimate of drug-likeness (QED) is 0.658. The van der Waals surface area contributed by atoms with Crippen LogP contribution in [0.2, 0.25) is 0 Å². The Balaban J connectivity index is 1.63. The fourth-order valence-electron chi connectivity index (χ4n) is 3.17. The lowest BCUT2D eigenvalue weighted by molar-refractivity contribution is -0.126. The van der Waals surface area contributed by atoms with Crippen LogP contribution in [0.1, 0.15) is 28.8 Å². The van der Waals surface area contributed by atoms with Crippen LogP contribution in [0, 0.1) is 12.8 Å². The minimum atomic E-state index is -3.67. The van der Waals surface area contributed by atoms with Gasteiger partial charge in [0, 0.05) is 17.6 Å². The summed E-state index contributed by atoms with van der Waals surface area (Å²) in [6, 6.07) is 13.5. The van der Waals surface area contributed by atoms with E-state index in [0.717, 1.165) is 5.56 Å². The maximum atomic E-state index is 12.9. The van der Waals surface area contributed by atoms with Crippen LogP contribution in [0.25, 0.3) is 0 Å². The van der Waals surface area contributed by atoms with E-state index in [9.17, 15) is 18.0 Å². The Kier molecular flexibility index (Phi) is 6.71. The van der Waals surface area contributed by atoms with Gasteiger partial charge in [0.25, 0.3) is 5.91 Å². The summed E-state index contributed by atoms with van der Waals surface area (Å²) in [7, 11) is -3.67. The van der Waals surface area contributed by atoms with Crippen LogP contribution in [-0.4, -0.2) is 37.6 Å². The maximum absolute atomic E-state index is 12.9. The Bertz CT molecular complexity index is 1010. The summed E-state index contributed by atoms with van der Waals surface area (Å²) < 4.78 is 27.7. The number of benzene rings is 2. The van der Waals surface area contributed by atoms with Crippen molar-refractivity contribution in [2.75, 3.05) is 13.1 Å². The fraction of sp³-hybridized carbons (Fsp3) is 0.300. The van der Waals surface area contributed by atoms with Gasteiger partial charge in [0.1, 0.15) is 0 Å². The van der Waals surface area contributed by atoms with Crippen molar-refractivity contribution in [3.8, 4) is 0 Å². The van der Waals surface area contributed by atoms with Crippen molar-refractivity contribution in [3.05, 3.63) is 64.1 Å². The number of nitrogens with one attached hydrogen (secondary N) is 2. The lowest BCUT2D eigenvalue weighted by Crippen LogP contribution is -2.50. The molecule has 0 aliphatic carbocycles. The van der Waals surface area contributed by atoms with E-state index in [-0.39, 0.29) is 11.4 Å². The number of aryl methyl sites for hydroxylation is 1. The third kappa shape index (κ3) is 5.04. The molecular weight excluding hydrogens is 458 g/mol. The number of halogens is 1. The monoisotopic (exact) mass is 479 g/mol. The summed E-state index contributed by atoms with van der Waals surface area (Å²) in [5.74, 6) is -1.40. The first-order chi connectivity index (χ1) is 13.8. The summed E-state index contributed by atoms with van der Waals surface area (Å²) in [4.78, 5) is 25.0. The highest BCUT2D eigenvalue weighted by atomic mass is 79.9. The van der Waals surface area contributed by atoms with Gasteiger partial charge in [-0.3, -0.25) is 20.4 Å². The molecule has 2 amide bonds. The average molecular weight is 480 g/mol. The zero-order chi connectivity index (χ0) is 21.0. The summed E-state index contributed by atoms with van der Waals surface area (Å²) in [5.41, 5.74) is 6.17. The van der Waals surface area contributed by atoms with E-state index in [4.69, 9.17) is 0 Å². The van der Waals surface area contributed by atoms with E-state index in [2.05, 4.69) is 26.8 Å². The number of nitrogens with zero attached hydrogens (tertiary/aromatic N) is 1. The number of carbonyl (C=O) groups is 2. The Hall–Kier alpha value is -2.23. The van der Waals surface area contributed by atoms with Crippen molar-refractivity contribution in [2.24, 2.45) is 5.92 Å². The summed E-state index contributed by atoms with van der Waals surface area (Å²) in [6.07, 6.45) is 1.12. The van der Waals surface area contributed by atoms with Crippen molar-refractivity contribution in [1.29, 1.82) is 0 Å². The SMILES string of the molecule is Cc1ccc(S(=O)(=O)N2CCCC(C(=O)NNC(=O)c3ccccc3Br)C2)cc1. The van der Waals surface area contributed by atoms with E-state index in [1.54, 1.807) is 48.5 Å². The highest BCUT2D eigenvalue weighted by molar-refractivity contribution is 9.10. The van der Waals surface area contributed by atoms with Gasteiger partial charge < -0.3 is 0 Å². The molecule has 2 aromatic carbocycles. The smallest absolute Gasteiger partial charge is 0.270 e. The molecule has 1 saturated heterocycles. The minimum absolute atomic E-state index is 0.0763. The van der Waals surface area contributed by atoms with Gasteiger partial charge >= 0.3 is 0 Å². The Morgan fingerprint density at radius 3 is 2.45 bits per heavy atom. The molecule has 0 bridgehead atoms. The van der Waals surface area contributed by atoms with Gasteiger partial charge in [0.15, 0.2) is 0 Å². The van der Waals surface area contributed by atoms with Crippen LogP contribution >= 0.6 is 15.9 Å². The number of amides is 2. The molecule has 1 heterocycles. The molecular formula is C20H22BrN3O4S. The van der Waals surface area contributed by atoms with Gasteiger partial charge in [-0.25, -0.2) is 8.42 Å². The molecule has 0 spiro atoms. The first-order valence-corrected chi connectivity index (χ1v) is 11.4. The minimum Gasteiger partial charge on any atom is -0.273 e. The van der Waals surface area contributed by atoms with Gasteiger partial charge in [-0.05, 0) is 60.0 Å². The van der Waals surface area contributed by atoms with Crippen molar-refractivity contribution in [2.45, 2.75) is 24.7 Å². The van der Waals surface area contributed by atoms with E-state index >= 15 is 0 Å². The molecule has 1 atom stereocenters.